The highest BCUT2D eigenvalue weighted by Gasteiger charge is 2.13. The van der Waals surface area contributed by atoms with Crippen molar-refractivity contribution >= 4 is 29.0 Å². The van der Waals surface area contributed by atoms with Crippen LogP contribution in [0.15, 0.2) is 48.0 Å². The first kappa shape index (κ1) is 13.2. The van der Waals surface area contributed by atoms with E-state index in [-0.39, 0.29) is 11.6 Å². The lowest BCUT2D eigenvalue weighted by molar-refractivity contribution is 0.102. The minimum absolute atomic E-state index is 0.267. The highest BCUT2D eigenvalue weighted by atomic mass is 32.2. The predicted molar refractivity (Wildman–Crippen MR) is 78.3 cm³/mol. The van der Waals surface area contributed by atoms with Crippen LogP contribution in [0.3, 0.4) is 0 Å². The molecular formula is C13H14N4OS. The summed E-state index contributed by atoms with van der Waals surface area (Å²) >= 11 is 1.60. The smallest absolute Gasteiger partial charge is 0.275 e. The maximum absolute atomic E-state index is 12.0. The van der Waals surface area contributed by atoms with E-state index in [4.69, 9.17) is 5.73 Å². The fourth-order valence-corrected chi connectivity index (χ4v) is 2.25. The van der Waals surface area contributed by atoms with E-state index in [0.29, 0.717) is 5.69 Å². The zero-order chi connectivity index (χ0) is 13.7. The third-order valence-electron chi connectivity index (χ3n) is 2.39. The Hall–Kier alpha value is -2.21. The molecule has 1 heterocycles. The van der Waals surface area contributed by atoms with Crippen molar-refractivity contribution in [3.05, 3.63) is 48.8 Å². The Morgan fingerprint density at radius 3 is 3.00 bits per heavy atom. The quantitative estimate of drug-likeness (QED) is 0.578. The molecule has 19 heavy (non-hydrogen) atoms. The van der Waals surface area contributed by atoms with Crippen molar-refractivity contribution in [2.24, 2.45) is 0 Å². The Morgan fingerprint density at radius 2 is 2.32 bits per heavy atom. The first-order valence-corrected chi connectivity index (χ1v) is 6.64. The predicted octanol–water partition coefficient (Wildman–Crippen LogP) is 2.52. The third-order valence-corrected chi connectivity index (χ3v) is 3.46. The number of nitrogens with two attached hydrogens (primary N) is 1. The molecule has 6 heteroatoms. The van der Waals surface area contributed by atoms with Gasteiger partial charge in [-0.05, 0) is 12.1 Å². The van der Waals surface area contributed by atoms with Crippen LogP contribution in [0.1, 0.15) is 10.5 Å². The fraction of sp³-hybridized carbons (Fsp3) is 0.0769. The van der Waals surface area contributed by atoms with E-state index in [2.05, 4.69) is 22.1 Å². The Balaban J connectivity index is 2.17. The summed E-state index contributed by atoms with van der Waals surface area (Å²) in [6, 6.07) is 7.57. The van der Waals surface area contributed by atoms with Gasteiger partial charge in [-0.25, -0.2) is 0 Å². The number of nitrogens with zero attached hydrogens (tertiary/aromatic N) is 1. The lowest BCUT2D eigenvalue weighted by atomic mass is 10.3. The van der Waals surface area contributed by atoms with Crippen molar-refractivity contribution in [1.29, 1.82) is 0 Å². The van der Waals surface area contributed by atoms with Crippen molar-refractivity contribution in [2.45, 2.75) is 4.90 Å². The first-order chi connectivity index (χ1) is 9.22. The Kier molecular flexibility index (Phi) is 4.25. The number of nitrogen functional groups attached to an aromatic ring is 1. The maximum Gasteiger partial charge on any atom is 0.275 e. The SMILES string of the molecule is C=CCSc1ccccc1NC(=O)c1[nH]ncc1N. The zero-order valence-electron chi connectivity index (χ0n) is 10.2. The van der Waals surface area contributed by atoms with Crippen LogP contribution < -0.4 is 11.1 Å². The molecule has 0 aliphatic rings. The molecule has 2 aromatic rings. The Morgan fingerprint density at radius 1 is 1.53 bits per heavy atom. The fourth-order valence-electron chi connectivity index (χ4n) is 1.51. The van der Waals surface area contributed by atoms with Crippen molar-refractivity contribution in [2.75, 3.05) is 16.8 Å². The van der Waals surface area contributed by atoms with Gasteiger partial charge in [0.05, 0.1) is 17.6 Å². The molecule has 0 radical (unpaired) electrons. The van der Waals surface area contributed by atoms with Crippen molar-refractivity contribution in [3.8, 4) is 0 Å². The number of benzene rings is 1. The molecule has 0 bridgehead atoms. The van der Waals surface area contributed by atoms with Crippen LogP contribution in [0.25, 0.3) is 0 Å². The summed E-state index contributed by atoms with van der Waals surface area (Å²) in [6.07, 6.45) is 3.23. The van der Waals surface area contributed by atoms with E-state index in [1.54, 1.807) is 11.8 Å². The molecule has 1 aromatic carbocycles. The second-order valence-corrected chi connectivity index (χ2v) is 4.81. The monoisotopic (exact) mass is 274 g/mol. The molecule has 0 fully saturated rings. The number of carbonyl (C=O) groups excluding carboxylic acids is 1. The maximum atomic E-state index is 12.0. The van der Waals surface area contributed by atoms with Crippen molar-refractivity contribution in [3.63, 3.8) is 0 Å². The van der Waals surface area contributed by atoms with Gasteiger partial charge in [0.25, 0.3) is 5.91 Å². The van der Waals surface area contributed by atoms with E-state index in [9.17, 15) is 4.79 Å². The molecule has 1 amide bonds. The van der Waals surface area contributed by atoms with E-state index in [1.165, 1.54) is 6.20 Å². The minimum Gasteiger partial charge on any atom is -0.396 e. The average molecular weight is 274 g/mol. The highest BCUT2D eigenvalue weighted by molar-refractivity contribution is 7.99. The van der Waals surface area contributed by atoms with E-state index in [1.807, 2.05) is 30.3 Å². The van der Waals surface area contributed by atoms with Crippen LogP contribution in [0, 0.1) is 0 Å². The number of amides is 1. The summed E-state index contributed by atoms with van der Waals surface area (Å²) in [5.41, 5.74) is 6.98. The normalized spacial score (nSPS) is 10.1. The molecule has 5 nitrogen and oxygen atoms in total. The van der Waals surface area contributed by atoms with Gasteiger partial charge >= 0.3 is 0 Å². The minimum atomic E-state index is -0.304. The number of hydrogen-bond acceptors (Lipinski definition) is 4. The van der Waals surface area contributed by atoms with Gasteiger partial charge in [-0.3, -0.25) is 9.89 Å². The molecule has 0 spiro atoms. The highest BCUT2D eigenvalue weighted by Crippen LogP contribution is 2.27. The van der Waals surface area contributed by atoms with Gasteiger partial charge in [-0.1, -0.05) is 18.2 Å². The molecule has 98 valence electrons. The van der Waals surface area contributed by atoms with Crippen LogP contribution in [0.5, 0.6) is 0 Å². The number of hydrogen-bond donors (Lipinski definition) is 3. The number of nitrogens with one attached hydrogen (secondary N) is 2. The van der Waals surface area contributed by atoms with E-state index < -0.39 is 0 Å². The number of aromatic amines is 1. The van der Waals surface area contributed by atoms with E-state index >= 15 is 0 Å². The van der Waals surface area contributed by atoms with Crippen molar-refractivity contribution < 1.29 is 4.79 Å². The molecule has 1 aromatic heterocycles. The topological polar surface area (TPSA) is 83.8 Å². The van der Waals surface area contributed by atoms with Crippen LogP contribution in [-0.2, 0) is 0 Å². The largest absolute Gasteiger partial charge is 0.396 e. The number of rotatable bonds is 5. The van der Waals surface area contributed by atoms with Gasteiger partial charge in [-0.2, -0.15) is 5.10 Å². The summed E-state index contributed by atoms with van der Waals surface area (Å²) in [5, 5.41) is 9.12. The molecule has 2 rings (SSSR count). The first-order valence-electron chi connectivity index (χ1n) is 5.65. The molecule has 0 saturated carbocycles. The lowest BCUT2D eigenvalue weighted by Gasteiger charge is -2.09. The number of para-hydroxylation sites is 1. The lowest BCUT2D eigenvalue weighted by Crippen LogP contribution is -2.14. The van der Waals surface area contributed by atoms with Gasteiger partial charge < -0.3 is 11.1 Å². The molecule has 0 atom stereocenters. The van der Waals surface area contributed by atoms with Gasteiger partial charge in [0.15, 0.2) is 0 Å². The summed E-state index contributed by atoms with van der Waals surface area (Å²) in [4.78, 5) is 13.0. The number of aromatic nitrogens is 2. The van der Waals surface area contributed by atoms with Crippen LogP contribution in [-0.4, -0.2) is 21.9 Å². The van der Waals surface area contributed by atoms with Crippen LogP contribution in [0.2, 0.25) is 0 Å². The number of H-pyrrole nitrogens is 1. The van der Waals surface area contributed by atoms with Crippen LogP contribution >= 0.6 is 11.8 Å². The Bertz CT molecular complexity index is 594. The standard InChI is InChI=1S/C13H14N4OS/c1-2-7-19-11-6-4-3-5-10(11)16-13(18)12-9(14)8-15-17-12/h2-6,8H,1,7,14H2,(H,15,17)(H,16,18). The molecule has 0 saturated heterocycles. The summed E-state index contributed by atoms with van der Waals surface area (Å²) in [7, 11) is 0. The second kappa shape index (κ2) is 6.10. The molecular weight excluding hydrogens is 260 g/mol. The summed E-state index contributed by atoms with van der Waals surface area (Å²) < 4.78 is 0. The zero-order valence-corrected chi connectivity index (χ0v) is 11.0. The van der Waals surface area contributed by atoms with Gasteiger partial charge in [0.2, 0.25) is 0 Å². The average Bonchev–Trinajstić information content (AvgIpc) is 2.84. The third kappa shape index (κ3) is 3.17. The molecule has 0 aliphatic heterocycles. The number of carbonyl (C=O) groups is 1. The second-order valence-electron chi connectivity index (χ2n) is 3.75. The summed E-state index contributed by atoms with van der Waals surface area (Å²) in [5.74, 6) is 0.473. The number of anilines is 2. The molecule has 0 aliphatic carbocycles. The molecule has 4 N–H and O–H groups in total. The van der Waals surface area contributed by atoms with Gasteiger partial charge in [-0.15, -0.1) is 18.3 Å². The Labute approximate surface area is 115 Å². The number of thioether (sulfide) groups is 1. The van der Waals surface area contributed by atoms with E-state index in [0.717, 1.165) is 16.3 Å². The molecule has 0 unspecified atom stereocenters. The summed E-state index contributed by atoms with van der Waals surface area (Å²) in [6.45, 7) is 3.68. The van der Waals surface area contributed by atoms with Gasteiger partial charge in [0.1, 0.15) is 5.69 Å². The van der Waals surface area contributed by atoms with Crippen molar-refractivity contribution in [1.82, 2.24) is 10.2 Å². The van der Waals surface area contributed by atoms with Crippen LogP contribution in [0.4, 0.5) is 11.4 Å². The van der Waals surface area contributed by atoms with Gasteiger partial charge in [0, 0.05) is 10.6 Å².